The van der Waals surface area contributed by atoms with Gasteiger partial charge in [-0.1, -0.05) is 0 Å². The Labute approximate surface area is 161 Å². The number of carbonyl (C=O) groups is 1. The van der Waals surface area contributed by atoms with E-state index in [4.69, 9.17) is 4.74 Å². The number of hydrogen-bond donors (Lipinski definition) is 0. The number of pyridine rings is 1. The lowest BCUT2D eigenvalue weighted by Crippen LogP contribution is -2.49. The number of nitrogens with zero attached hydrogens (tertiary/aromatic N) is 5. The molecule has 0 bridgehead atoms. The van der Waals surface area contributed by atoms with Crippen molar-refractivity contribution in [3.05, 3.63) is 40.8 Å². The van der Waals surface area contributed by atoms with Crippen molar-refractivity contribution in [3.63, 3.8) is 0 Å². The Bertz CT molecular complexity index is 795. The van der Waals surface area contributed by atoms with E-state index in [9.17, 15) is 18.0 Å². The number of halogens is 4. The van der Waals surface area contributed by atoms with Crippen LogP contribution in [0.25, 0.3) is 0 Å². The summed E-state index contributed by atoms with van der Waals surface area (Å²) in [4.78, 5) is 28.4. The molecule has 0 aromatic carbocycles. The van der Waals surface area contributed by atoms with Gasteiger partial charge < -0.3 is 14.5 Å². The fourth-order valence-electron chi connectivity index (χ4n) is 2.57. The molecule has 144 valence electrons. The second-order valence-electron chi connectivity index (χ2n) is 5.74. The summed E-state index contributed by atoms with van der Waals surface area (Å²) in [6.07, 6.45) is 0.0545. The third-order valence-electron chi connectivity index (χ3n) is 3.83. The SMILES string of the molecule is O=C(c1cccnc1OCC(F)(F)F)N1CCN(c2ncc(Br)cn2)CC1. The molecule has 0 spiro atoms. The number of amides is 1. The summed E-state index contributed by atoms with van der Waals surface area (Å²) < 4.78 is 42.6. The van der Waals surface area contributed by atoms with Gasteiger partial charge in [0.25, 0.3) is 5.91 Å². The number of rotatable bonds is 4. The van der Waals surface area contributed by atoms with E-state index in [1.807, 2.05) is 4.90 Å². The molecule has 0 atom stereocenters. The van der Waals surface area contributed by atoms with Crippen LogP contribution in [-0.4, -0.2) is 64.7 Å². The Morgan fingerprint density at radius 1 is 1.15 bits per heavy atom. The Balaban J connectivity index is 1.65. The summed E-state index contributed by atoms with van der Waals surface area (Å²) in [5.74, 6) is -0.184. The highest BCUT2D eigenvalue weighted by molar-refractivity contribution is 9.10. The number of alkyl halides is 3. The van der Waals surface area contributed by atoms with E-state index in [1.54, 1.807) is 17.3 Å². The zero-order valence-electron chi connectivity index (χ0n) is 14.0. The summed E-state index contributed by atoms with van der Waals surface area (Å²) >= 11 is 3.27. The predicted octanol–water partition coefficient (Wildman–Crippen LogP) is 2.54. The molecule has 1 aliphatic heterocycles. The maximum Gasteiger partial charge on any atom is 0.422 e. The molecule has 0 saturated carbocycles. The molecule has 0 N–H and O–H groups in total. The molecular weight excluding hydrogens is 431 g/mol. The molecule has 1 amide bonds. The van der Waals surface area contributed by atoms with Gasteiger partial charge >= 0.3 is 6.18 Å². The molecule has 27 heavy (non-hydrogen) atoms. The maximum absolute atomic E-state index is 12.7. The highest BCUT2D eigenvalue weighted by Crippen LogP contribution is 2.22. The quantitative estimate of drug-likeness (QED) is 0.719. The lowest BCUT2D eigenvalue weighted by atomic mass is 10.2. The molecular formula is C16H15BrF3N5O2. The summed E-state index contributed by atoms with van der Waals surface area (Å²) in [5, 5.41) is 0. The number of anilines is 1. The minimum Gasteiger partial charge on any atom is -0.467 e. The van der Waals surface area contributed by atoms with Gasteiger partial charge in [-0.15, -0.1) is 0 Å². The number of aromatic nitrogens is 3. The number of ether oxygens (including phenoxy) is 1. The molecule has 2 aromatic rings. The van der Waals surface area contributed by atoms with Gasteiger partial charge in [0.1, 0.15) is 5.56 Å². The second-order valence-corrected chi connectivity index (χ2v) is 6.66. The van der Waals surface area contributed by atoms with Crippen LogP contribution in [0.15, 0.2) is 35.2 Å². The summed E-state index contributed by atoms with van der Waals surface area (Å²) in [7, 11) is 0. The molecule has 2 aromatic heterocycles. The van der Waals surface area contributed by atoms with Crippen LogP contribution in [0, 0.1) is 0 Å². The van der Waals surface area contributed by atoms with E-state index >= 15 is 0 Å². The maximum atomic E-state index is 12.7. The van der Waals surface area contributed by atoms with Crippen LogP contribution < -0.4 is 9.64 Å². The van der Waals surface area contributed by atoms with Crippen LogP contribution in [0.5, 0.6) is 5.88 Å². The molecule has 3 rings (SSSR count). The fraction of sp³-hybridized carbons (Fsp3) is 0.375. The van der Waals surface area contributed by atoms with E-state index in [-0.39, 0.29) is 11.4 Å². The first-order valence-electron chi connectivity index (χ1n) is 8.00. The Hall–Kier alpha value is -2.43. The standard InChI is InChI=1S/C16H15BrF3N5O2/c17-11-8-22-15(23-9-11)25-6-4-24(5-7-25)14(26)12-2-1-3-21-13(12)27-10-16(18,19)20/h1-3,8-9H,4-7,10H2. The highest BCUT2D eigenvalue weighted by Gasteiger charge is 2.31. The molecule has 1 fully saturated rings. The Kier molecular flexibility index (Phi) is 5.78. The van der Waals surface area contributed by atoms with E-state index in [2.05, 4.69) is 30.9 Å². The Morgan fingerprint density at radius 2 is 1.81 bits per heavy atom. The van der Waals surface area contributed by atoms with E-state index in [1.165, 1.54) is 18.3 Å². The van der Waals surface area contributed by atoms with Crippen LogP contribution in [-0.2, 0) is 0 Å². The molecule has 3 heterocycles. The molecule has 0 unspecified atom stereocenters. The first kappa shape index (κ1) is 19.3. The van der Waals surface area contributed by atoms with Crippen molar-refractivity contribution in [2.45, 2.75) is 6.18 Å². The summed E-state index contributed by atoms with van der Waals surface area (Å²) in [5.41, 5.74) is 0.00934. The van der Waals surface area contributed by atoms with Crippen LogP contribution >= 0.6 is 15.9 Å². The average Bonchev–Trinajstić information content (AvgIpc) is 2.66. The molecule has 1 aliphatic rings. The van der Waals surface area contributed by atoms with E-state index < -0.39 is 18.7 Å². The monoisotopic (exact) mass is 445 g/mol. The smallest absolute Gasteiger partial charge is 0.422 e. The van der Waals surface area contributed by atoms with Gasteiger partial charge in [0.2, 0.25) is 11.8 Å². The highest BCUT2D eigenvalue weighted by atomic mass is 79.9. The van der Waals surface area contributed by atoms with Gasteiger partial charge in [0, 0.05) is 44.8 Å². The first-order chi connectivity index (χ1) is 12.8. The average molecular weight is 446 g/mol. The molecule has 1 saturated heterocycles. The van der Waals surface area contributed by atoms with Gasteiger partial charge in [-0.05, 0) is 28.1 Å². The van der Waals surface area contributed by atoms with Crippen LogP contribution in [0.4, 0.5) is 19.1 Å². The van der Waals surface area contributed by atoms with Gasteiger partial charge in [0.15, 0.2) is 6.61 Å². The van der Waals surface area contributed by atoms with Gasteiger partial charge in [-0.2, -0.15) is 13.2 Å². The van der Waals surface area contributed by atoms with E-state index in [0.29, 0.717) is 32.1 Å². The molecule has 0 aliphatic carbocycles. The van der Waals surface area contributed by atoms with Crippen molar-refractivity contribution in [3.8, 4) is 5.88 Å². The summed E-state index contributed by atoms with van der Waals surface area (Å²) in [6, 6.07) is 2.89. The van der Waals surface area contributed by atoms with Crippen LogP contribution in [0.2, 0.25) is 0 Å². The Morgan fingerprint density at radius 3 is 2.44 bits per heavy atom. The summed E-state index contributed by atoms with van der Waals surface area (Å²) in [6.45, 7) is 0.273. The number of piperazine rings is 1. The minimum atomic E-state index is -4.51. The van der Waals surface area contributed by atoms with Gasteiger partial charge in [-0.3, -0.25) is 4.79 Å². The zero-order chi connectivity index (χ0) is 19.4. The van der Waals surface area contributed by atoms with Crippen LogP contribution in [0.1, 0.15) is 10.4 Å². The third-order valence-corrected chi connectivity index (χ3v) is 4.24. The molecule has 7 nitrogen and oxygen atoms in total. The normalized spacial score (nSPS) is 15.0. The topological polar surface area (TPSA) is 71.5 Å². The van der Waals surface area contributed by atoms with Crippen molar-refractivity contribution in [2.75, 3.05) is 37.7 Å². The minimum absolute atomic E-state index is 0.00934. The lowest BCUT2D eigenvalue weighted by molar-refractivity contribution is -0.154. The first-order valence-corrected chi connectivity index (χ1v) is 8.79. The number of hydrogen-bond acceptors (Lipinski definition) is 6. The van der Waals surface area contributed by atoms with E-state index in [0.717, 1.165) is 4.47 Å². The molecule has 0 radical (unpaired) electrons. The fourth-order valence-corrected chi connectivity index (χ4v) is 2.77. The van der Waals surface area contributed by atoms with Crippen molar-refractivity contribution in [1.29, 1.82) is 0 Å². The van der Waals surface area contributed by atoms with Crippen molar-refractivity contribution in [2.24, 2.45) is 0 Å². The molecule has 11 heteroatoms. The largest absolute Gasteiger partial charge is 0.467 e. The van der Waals surface area contributed by atoms with Gasteiger partial charge in [-0.25, -0.2) is 15.0 Å². The lowest BCUT2D eigenvalue weighted by Gasteiger charge is -2.34. The zero-order valence-corrected chi connectivity index (χ0v) is 15.6. The second kappa shape index (κ2) is 8.07. The van der Waals surface area contributed by atoms with Crippen molar-refractivity contribution < 1.29 is 22.7 Å². The predicted molar refractivity (Wildman–Crippen MR) is 93.6 cm³/mol. The van der Waals surface area contributed by atoms with Gasteiger partial charge in [0.05, 0.1) is 4.47 Å². The number of carbonyl (C=O) groups excluding carboxylic acids is 1. The third kappa shape index (κ3) is 5.06. The van der Waals surface area contributed by atoms with Crippen LogP contribution in [0.3, 0.4) is 0 Å². The van der Waals surface area contributed by atoms with Crippen molar-refractivity contribution in [1.82, 2.24) is 19.9 Å². The van der Waals surface area contributed by atoms with Crippen molar-refractivity contribution >= 4 is 27.8 Å².